The van der Waals surface area contributed by atoms with Crippen LogP contribution in [-0.4, -0.2) is 32.5 Å². The van der Waals surface area contributed by atoms with Crippen LogP contribution in [0.1, 0.15) is 30.1 Å². The lowest BCUT2D eigenvalue weighted by atomic mass is 10.1. The molecule has 4 heterocycles. The molecule has 0 spiro atoms. The molecule has 156 valence electrons. The highest BCUT2D eigenvalue weighted by Crippen LogP contribution is 2.37. The van der Waals surface area contributed by atoms with Crippen molar-refractivity contribution < 1.29 is 4.39 Å². The van der Waals surface area contributed by atoms with Gasteiger partial charge in [0.25, 0.3) is 0 Å². The Bertz CT molecular complexity index is 1300. The molecule has 1 aromatic carbocycles. The molecule has 3 aromatic heterocycles. The molecule has 8 heteroatoms. The van der Waals surface area contributed by atoms with E-state index in [-0.39, 0.29) is 5.82 Å². The van der Waals surface area contributed by atoms with Crippen molar-refractivity contribution >= 4 is 17.3 Å². The molecular formula is C23H21FN6S. The number of aromatic nitrogens is 4. The molecule has 1 fully saturated rings. The Morgan fingerprint density at radius 3 is 2.87 bits per heavy atom. The average Bonchev–Trinajstić information content (AvgIpc) is 3.39. The molecule has 6 nitrogen and oxygen atoms in total. The van der Waals surface area contributed by atoms with Gasteiger partial charge in [0, 0.05) is 39.4 Å². The van der Waals surface area contributed by atoms with Crippen molar-refractivity contribution in [2.75, 3.05) is 13.1 Å². The van der Waals surface area contributed by atoms with E-state index in [1.165, 1.54) is 17.8 Å². The van der Waals surface area contributed by atoms with Crippen molar-refractivity contribution in [1.82, 2.24) is 24.7 Å². The number of pyridine rings is 1. The number of nitrogens with one attached hydrogen (secondary N) is 1. The average molecular weight is 433 g/mol. The van der Waals surface area contributed by atoms with Crippen molar-refractivity contribution in [2.24, 2.45) is 0 Å². The predicted octanol–water partition coefficient (Wildman–Crippen LogP) is 4.59. The molecule has 0 radical (unpaired) electrons. The van der Waals surface area contributed by atoms with Gasteiger partial charge in [0.05, 0.1) is 29.5 Å². The summed E-state index contributed by atoms with van der Waals surface area (Å²) in [6, 6.07) is 11.2. The van der Waals surface area contributed by atoms with E-state index >= 15 is 0 Å². The lowest BCUT2D eigenvalue weighted by molar-refractivity contribution is 0.342. The summed E-state index contributed by atoms with van der Waals surface area (Å²) >= 11 is 1.30. The summed E-state index contributed by atoms with van der Waals surface area (Å²) < 4.78 is 18.2. The van der Waals surface area contributed by atoms with Gasteiger partial charge in [-0.15, -0.1) is 0 Å². The van der Waals surface area contributed by atoms with E-state index in [0.29, 0.717) is 22.0 Å². The first kappa shape index (κ1) is 19.8. The van der Waals surface area contributed by atoms with Gasteiger partial charge in [-0.05, 0) is 44.5 Å². The van der Waals surface area contributed by atoms with Crippen LogP contribution in [0.25, 0.3) is 16.6 Å². The van der Waals surface area contributed by atoms with Crippen molar-refractivity contribution in [3.8, 4) is 17.2 Å². The van der Waals surface area contributed by atoms with Gasteiger partial charge >= 0.3 is 0 Å². The Kier molecular flexibility index (Phi) is 5.22. The summed E-state index contributed by atoms with van der Waals surface area (Å²) in [6.07, 6.45) is 7.59. The minimum absolute atomic E-state index is 0.289. The zero-order valence-electron chi connectivity index (χ0n) is 17.0. The fourth-order valence-electron chi connectivity index (χ4n) is 4.15. The molecule has 1 atom stereocenters. The van der Waals surface area contributed by atoms with Gasteiger partial charge in [0.15, 0.2) is 0 Å². The zero-order valence-corrected chi connectivity index (χ0v) is 17.9. The second-order valence-corrected chi connectivity index (χ2v) is 8.76. The first-order valence-corrected chi connectivity index (χ1v) is 11.1. The number of nitrogens with zero attached hydrogens (tertiary/aromatic N) is 5. The van der Waals surface area contributed by atoms with Gasteiger partial charge in [-0.2, -0.15) is 15.5 Å². The van der Waals surface area contributed by atoms with Gasteiger partial charge in [0.1, 0.15) is 11.9 Å². The number of fused-ring (bicyclic) bond motifs is 1. The van der Waals surface area contributed by atoms with Crippen molar-refractivity contribution in [3.05, 3.63) is 66.0 Å². The van der Waals surface area contributed by atoms with Crippen LogP contribution in [0.4, 0.5) is 4.39 Å². The van der Waals surface area contributed by atoms with Gasteiger partial charge in [-0.1, -0.05) is 23.9 Å². The fraction of sp³-hybridized carbons (Fsp3) is 0.261. The van der Waals surface area contributed by atoms with E-state index < -0.39 is 0 Å². The summed E-state index contributed by atoms with van der Waals surface area (Å²) in [7, 11) is 0. The molecule has 4 aromatic rings. The second kappa shape index (κ2) is 8.17. The van der Waals surface area contributed by atoms with Crippen molar-refractivity contribution in [3.63, 3.8) is 0 Å². The third-order valence-corrected chi connectivity index (χ3v) is 6.81. The number of rotatable bonds is 4. The van der Waals surface area contributed by atoms with E-state index in [1.54, 1.807) is 28.9 Å². The van der Waals surface area contributed by atoms with E-state index in [0.717, 1.165) is 47.6 Å². The molecule has 1 aliphatic rings. The van der Waals surface area contributed by atoms with Crippen LogP contribution in [0.15, 0.2) is 58.7 Å². The lowest BCUT2D eigenvalue weighted by Crippen LogP contribution is -2.32. The van der Waals surface area contributed by atoms with Crippen LogP contribution in [0, 0.1) is 24.1 Å². The smallest absolute Gasteiger partial charge is 0.137 e. The molecule has 0 aliphatic carbocycles. The third kappa shape index (κ3) is 3.60. The van der Waals surface area contributed by atoms with E-state index in [1.807, 2.05) is 18.5 Å². The van der Waals surface area contributed by atoms with E-state index in [4.69, 9.17) is 0 Å². The largest absolute Gasteiger partial charge is 0.315 e. The summed E-state index contributed by atoms with van der Waals surface area (Å²) in [4.78, 5) is 1.29. The normalized spacial score (nSPS) is 16.5. The SMILES string of the molecule is Cc1c(-c2cc(Sc3ccccc3F)c3c(C#N)cnn3c2)cnn1[C@@H]1CCCNC1. The highest BCUT2D eigenvalue weighted by molar-refractivity contribution is 7.99. The summed E-state index contributed by atoms with van der Waals surface area (Å²) in [6.45, 7) is 4.05. The van der Waals surface area contributed by atoms with Crippen LogP contribution in [-0.2, 0) is 0 Å². The van der Waals surface area contributed by atoms with Crippen molar-refractivity contribution in [1.29, 1.82) is 5.26 Å². The third-order valence-electron chi connectivity index (χ3n) is 5.73. The number of nitriles is 1. The van der Waals surface area contributed by atoms with Crippen LogP contribution >= 0.6 is 11.8 Å². The monoisotopic (exact) mass is 432 g/mol. The van der Waals surface area contributed by atoms with Crippen molar-refractivity contribution in [2.45, 2.75) is 35.6 Å². The maximum absolute atomic E-state index is 14.4. The Labute approximate surface area is 183 Å². The number of hydrogen-bond donors (Lipinski definition) is 1. The lowest BCUT2D eigenvalue weighted by Gasteiger charge is -2.24. The Morgan fingerprint density at radius 1 is 1.23 bits per heavy atom. The minimum Gasteiger partial charge on any atom is -0.315 e. The molecule has 0 unspecified atom stereocenters. The first-order chi connectivity index (χ1) is 15.2. The fourth-order valence-corrected chi connectivity index (χ4v) is 5.19. The molecule has 0 bridgehead atoms. The van der Waals surface area contributed by atoms with Gasteiger partial charge in [-0.25, -0.2) is 8.91 Å². The topological polar surface area (TPSA) is 70.9 Å². The molecule has 0 amide bonds. The molecule has 1 saturated heterocycles. The van der Waals surface area contributed by atoms with Gasteiger partial charge < -0.3 is 5.32 Å². The quantitative estimate of drug-likeness (QED) is 0.511. The second-order valence-electron chi connectivity index (χ2n) is 7.68. The molecule has 0 saturated carbocycles. The van der Waals surface area contributed by atoms with Crippen LogP contribution < -0.4 is 5.32 Å². The maximum Gasteiger partial charge on any atom is 0.137 e. The van der Waals surface area contributed by atoms with Gasteiger partial charge in [-0.3, -0.25) is 4.68 Å². The number of piperidine rings is 1. The summed E-state index contributed by atoms with van der Waals surface area (Å²) in [5.41, 5.74) is 4.18. The highest BCUT2D eigenvalue weighted by atomic mass is 32.2. The molecular weight excluding hydrogens is 411 g/mol. The van der Waals surface area contributed by atoms with E-state index in [9.17, 15) is 9.65 Å². The Morgan fingerprint density at radius 2 is 2.10 bits per heavy atom. The van der Waals surface area contributed by atoms with Gasteiger partial charge in [0.2, 0.25) is 0 Å². The molecule has 1 N–H and O–H groups in total. The standard InChI is InChI=1S/C23H21FN6S/c1-15-19(13-28-30(15)18-5-4-8-26-12-18)16-9-22(31-21-7-3-2-6-20(21)24)23-17(10-25)11-27-29(23)14-16/h2-3,6-7,9,11,13-14,18,26H,4-5,8,12H2,1H3/t18-/m1/s1. The zero-order chi connectivity index (χ0) is 21.4. The molecule has 1 aliphatic heterocycles. The Hall–Kier alpha value is -3.15. The van der Waals surface area contributed by atoms with Crippen LogP contribution in [0.5, 0.6) is 0 Å². The number of hydrogen-bond acceptors (Lipinski definition) is 5. The summed E-state index contributed by atoms with van der Waals surface area (Å²) in [5, 5.41) is 22.0. The van der Waals surface area contributed by atoms with Crippen LogP contribution in [0.2, 0.25) is 0 Å². The van der Waals surface area contributed by atoms with E-state index in [2.05, 4.69) is 33.2 Å². The minimum atomic E-state index is -0.289. The number of halogens is 1. The predicted molar refractivity (Wildman–Crippen MR) is 118 cm³/mol. The highest BCUT2D eigenvalue weighted by Gasteiger charge is 2.21. The molecule has 31 heavy (non-hydrogen) atoms. The number of benzene rings is 1. The van der Waals surface area contributed by atoms with Crippen LogP contribution in [0.3, 0.4) is 0 Å². The maximum atomic E-state index is 14.4. The molecule has 5 rings (SSSR count). The summed E-state index contributed by atoms with van der Waals surface area (Å²) in [5.74, 6) is -0.289. The first-order valence-electron chi connectivity index (χ1n) is 10.2. The Balaban J connectivity index is 1.62.